The highest BCUT2D eigenvalue weighted by atomic mass is 32.3. The SMILES string of the molecule is CC(C)(C)OC(=O)N1CCC(CCN2CC(S(=O)(=O)F)CC2=O)CC1. The molecular formula is C16H27FN2O5S. The van der Waals surface area contributed by atoms with Gasteiger partial charge in [0.2, 0.25) is 5.91 Å². The van der Waals surface area contributed by atoms with E-state index in [1.54, 1.807) is 4.90 Å². The summed E-state index contributed by atoms with van der Waals surface area (Å²) in [5, 5.41) is -1.23. The Bertz CT molecular complexity index is 609. The van der Waals surface area contributed by atoms with E-state index in [4.69, 9.17) is 4.74 Å². The number of nitrogens with zero attached hydrogens (tertiary/aromatic N) is 2. The van der Waals surface area contributed by atoms with Gasteiger partial charge in [-0.15, -0.1) is 3.89 Å². The fourth-order valence-corrected chi connectivity index (χ4v) is 3.91. The Morgan fingerprint density at radius 1 is 1.28 bits per heavy atom. The first kappa shape index (κ1) is 19.9. The van der Waals surface area contributed by atoms with Crippen molar-refractivity contribution in [2.75, 3.05) is 26.2 Å². The van der Waals surface area contributed by atoms with Crippen molar-refractivity contribution in [2.24, 2.45) is 5.92 Å². The zero-order valence-corrected chi connectivity index (χ0v) is 15.8. The zero-order chi connectivity index (χ0) is 18.8. The van der Waals surface area contributed by atoms with Gasteiger partial charge in [0, 0.05) is 32.6 Å². The topological polar surface area (TPSA) is 84.0 Å². The first-order valence-electron chi connectivity index (χ1n) is 8.65. The summed E-state index contributed by atoms with van der Waals surface area (Å²) in [5.74, 6) is 0.0462. The Morgan fingerprint density at radius 2 is 1.88 bits per heavy atom. The van der Waals surface area contributed by atoms with Crippen LogP contribution in [0.3, 0.4) is 0 Å². The molecule has 2 aliphatic heterocycles. The number of piperidine rings is 1. The van der Waals surface area contributed by atoms with Gasteiger partial charge < -0.3 is 14.5 Å². The van der Waals surface area contributed by atoms with Crippen LogP contribution >= 0.6 is 0 Å². The Kier molecular flexibility index (Phi) is 5.96. The number of carbonyl (C=O) groups excluding carboxylic acids is 2. The molecule has 2 amide bonds. The van der Waals surface area contributed by atoms with Gasteiger partial charge in [-0.2, -0.15) is 8.42 Å². The highest BCUT2D eigenvalue weighted by Crippen LogP contribution is 2.25. The van der Waals surface area contributed by atoms with Crippen LogP contribution in [0, 0.1) is 5.92 Å². The van der Waals surface area contributed by atoms with Gasteiger partial charge >= 0.3 is 16.3 Å². The molecular weight excluding hydrogens is 351 g/mol. The summed E-state index contributed by atoms with van der Waals surface area (Å²) in [6, 6.07) is 0. The Morgan fingerprint density at radius 3 is 2.36 bits per heavy atom. The normalized spacial score (nSPS) is 23.2. The molecule has 25 heavy (non-hydrogen) atoms. The molecule has 0 aliphatic carbocycles. The van der Waals surface area contributed by atoms with Crippen molar-refractivity contribution in [3.05, 3.63) is 0 Å². The third kappa shape index (κ3) is 5.83. The fourth-order valence-electron chi connectivity index (χ4n) is 3.21. The maximum atomic E-state index is 13.0. The zero-order valence-electron chi connectivity index (χ0n) is 15.0. The molecule has 0 N–H and O–H groups in total. The van der Waals surface area contributed by atoms with Crippen molar-refractivity contribution < 1.29 is 26.6 Å². The second kappa shape index (κ2) is 7.47. The van der Waals surface area contributed by atoms with Crippen LogP contribution in [-0.2, 0) is 19.8 Å². The van der Waals surface area contributed by atoms with E-state index in [0.717, 1.165) is 19.3 Å². The molecule has 2 aliphatic rings. The van der Waals surface area contributed by atoms with Crippen LogP contribution in [0.25, 0.3) is 0 Å². The molecule has 0 aromatic heterocycles. The molecule has 0 saturated carbocycles. The molecule has 0 aromatic rings. The number of carbonyl (C=O) groups is 2. The number of hydrogen-bond acceptors (Lipinski definition) is 5. The van der Waals surface area contributed by atoms with Crippen LogP contribution in [0.1, 0.15) is 46.5 Å². The van der Waals surface area contributed by atoms with Gasteiger partial charge in [-0.3, -0.25) is 4.79 Å². The van der Waals surface area contributed by atoms with Gasteiger partial charge in [0.15, 0.2) is 0 Å². The van der Waals surface area contributed by atoms with E-state index < -0.39 is 21.1 Å². The van der Waals surface area contributed by atoms with Crippen molar-refractivity contribution in [3.8, 4) is 0 Å². The number of amides is 2. The number of rotatable bonds is 4. The molecule has 0 bridgehead atoms. The van der Waals surface area contributed by atoms with E-state index in [2.05, 4.69) is 0 Å². The summed E-state index contributed by atoms with van der Waals surface area (Å²) in [7, 11) is -4.66. The lowest BCUT2D eigenvalue weighted by Gasteiger charge is -2.34. The summed E-state index contributed by atoms with van der Waals surface area (Å²) in [6.45, 7) is 7.07. The monoisotopic (exact) mass is 378 g/mol. The van der Waals surface area contributed by atoms with Gasteiger partial charge in [-0.25, -0.2) is 4.79 Å². The number of hydrogen-bond donors (Lipinski definition) is 0. The van der Waals surface area contributed by atoms with Gasteiger partial charge in [-0.05, 0) is 46.0 Å². The van der Waals surface area contributed by atoms with Gasteiger partial charge in [0.1, 0.15) is 10.9 Å². The standard InChI is InChI=1S/C16H27FN2O5S/c1-16(2,3)24-15(21)18-7-4-12(5-8-18)6-9-19-11-13(10-14(19)20)25(17,22)23/h12-13H,4-11H2,1-3H3. The van der Waals surface area contributed by atoms with E-state index in [9.17, 15) is 21.9 Å². The Balaban J connectivity index is 1.74. The first-order chi connectivity index (χ1) is 11.5. The average Bonchev–Trinajstić information content (AvgIpc) is 2.85. The fraction of sp³-hybridized carbons (Fsp3) is 0.875. The Hall–Kier alpha value is -1.38. The van der Waals surface area contributed by atoms with E-state index in [0.29, 0.717) is 25.6 Å². The van der Waals surface area contributed by atoms with Crippen LogP contribution in [0.2, 0.25) is 0 Å². The highest BCUT2D eigenvalue weighted by molar-refractivity contribution is 7.87. The van der Waals surface area contributed by atoms with Crippen molar-refractivity contribution in [2.45, 2.75) is 57.3 Å². The van der Waals surface area contributed by atoms with E-state index >= 15 is 0 Å². The van der Waals surface area contributed by atoms with Gasteiger partial charge in [0.25, 0.3) is 0 Å². The minimum atomic E-state index is -4.66. The molecule has 2 fully saturated rings. The molecule has 1 unspecified atom stereocenters. The first-order valence-corrected chi connectivity index (χ1v) is 10.1. The summed E-state index contributed by atoms with van der Waals surface area (Å²) in [4.78, 5) is 26.9. The minimum Gasteiger partial charge on any atom is -0.444 e. The predicted molar refractivity (Wildman–Crippen MR) is 90.2 cm³/mol. The van der Waals surface area contributed by atoms with Crippen molar-refractivity contribution in [1.82, 2.24) is 9.80 Å². The van der Waals surface area contributed by atoms with Crippen LogP contribution in [0.15, 0.2) is 0 Å². The maximum absolute atomic E-state index is 13.0. The summed E-state index contributed by atoms with van der Waals surface area (Å²) < 4.78 is 40.2. The minimum absolute atomic E-state index is 0.0611. The smallest absolute Gasteiger partial charge is 0.410 e. The molecule has 2 rings (SSSR count). The summed E-state index contributed by atoms with van der Waals surface area (Å²) in [6.07, 6.45) is 1.78. The van der Waals surface area contributed by atoms with Crippen LogP contribution in [-0.4, -0.2) is 67.2 Å². The maximum Gasteiger partial charge on any atom is 0.410 e. The molecule has 2 heterocycles. The van der Waals surface area contributed by atoms with Crippen LogP contribution in [0.5, 0.6) is 0 Å². The second-order valence-corrected chi connectivity index (χ2v) is 9.46. The molecule has 7 nitrogen and oxygen atoms in total. The lowest BCUT2D eigenvalue weighted by atomic mass is 9.93. The van der Waals surface area contributed by atoms with Crippen molar-refractivity contribution in [1.29, 1.82) is 0 Å². The summed E-state index contributed by atoms with van der Waals surface area (Å²) >= 11 is 0. The Labute approximate surface area is 148 Å². The van der Waals surface area contributed by atoms with Crippen molar-refractivity contribution in [3.63, 3.8) is 0 Å². The van der Waals surface area contributed by atoms with Crippen molar-refractivity contribution >= 4 is 22.2 Å². The lowest BCUT2D eigenvalue weighted by Crippen LogP contribution is -2.42. The van der Waals surface area contributed by atoms with E-state index in [-0.39, 0.29) is 25.0 Å². The summed E-state index contributed by atoms with van der Waals surface area (Å²) in [5.41, 5.74) is -0.517. The predicted octanol–water partition coefficient (Wildman–Crippen LogP) is 1.92. The molecule has 1 atom stereocenters. The van der Waals surface area contributed by atoms with Gasteiger partial charge in [-0.1, -0.05) is 0 Å². The second-order valence-electron chi connectivity index (χ2n) is 7.84. The number of ether oxygens (including phenoxy) is 1. The third-order valence-electron chi connectivity index (χ3n) is 4.65. The quantitative estimate of drug-likeness (QED) is 0.698. The molecule has 0 aromatic carbocycles. The molecule has 0 spiro atoms. The van der Waals surface area contributed by atoms with E-state index in [1.165, 1.54) is 4.90 Å². The molecule has 2 saturated heterocycles. The van der Waals surface area contributed by atoms with Crippen LogP contribution in [0.4, 0.5) is 8.68 Å². The molecule has 144 valence electrons. The largest absolute Gasteiger partial charge is 0.444 e. The van der Waals surface area contributed by atoms with Gasteiger partial charge in [0.05, 0.1) is 0 Å². The molecule has 9 heteroatoms. The average molecular weight is 378 g/mol. The van der Waals surface area contributed by atoms with Crippen LogP contribution < -0.4 is 0 Å². The highest BCUT2D eigenvalue weighted by Gasteiger charge is 2.38. The third-order valence-corrected chi connectivity index (χ3v) is 5.76. The lowest BCUT2D eigenvalue weighted by molar-refractivity contribution is -0.127. The van der Waals surface area contributed by atoms with E-state index in [1.807, 2.05) is 20.8 Å². The number of likely N-dealkylation sites (tertiary alicyclic amines) is 2. The number of halogens is 1. The molecule has 0 radical (unpaired) electrons.